The van der Waals surface area contributed by atoms with Crippen molar-refractivity contribution in [1.82, 2.24) is 0 Å². The first-order valence-corrected chi connectivity index (χ1v) is 8.68. The van der Waals surface area contributed by atoms with Gasteiger partial charge in [0.1, 0.15) is 5.82 Å². The zero-order valence-corrected chi connectivity index (χ0v) is 14.2. The number of fused-ring (bicyclic) bond motifs is 2. The first-order valence-electron chi connectivity index (χ1n) is 8.68. The summed E-state index contributed by atoms with van der Waals surface area (Å²) >= 11 is 0. The fourth-order valence-corrected chi connectivity index (χ4v) is 4.15. The van der Waals surface area contributed by atoms with Gasteiger partial charge in [0.15, 0.2) is 6.61 Å². The van der Waals surface area contributed by atoms with Crippen molar-refractivity contribution in [2.24, 2.45) is 17.8 Å². The topological polar surface area (TPSA) is 72.5 Å². The van der Waals surface area contributed by atoms with Gasteiger partial charge in [-0.15, -0.1) is 0 Å². The van der Waals surface area contributed by atoms with Crippen LogP contribution in [0.5, 0.6) is 0 Å². The molecule has 5 nitrogen and oxygen atoms in total. The van der Waals surface area contributed by atoms with Gasteiger partial charge in [0.25, 0.3) is 0 Å². The van der Waals surface area contributed by atoms with E-state index in [0.29, 0.717) is 18.3 Å². The van der Waals surface area contributed by atoms with Crippen molar-refractivity contribution < 1.29 is 23.5 Å². The molecule has 2 fully saturated rings. The number of ether oxygens (including phenoxy) is 1. The van der Waals surface area contributed by atoms with E-state index in [-0.39, 0.29) is 23.1 Å². The van der Waals surface area contributed by atoms with Gasteiger partial charge in [0.2, 0.25) is 11.7 Å². The van der Waals surface area contributed by atoms with E-state index < -0.39 is 18.2 Å². The van der Waals surface area contributed by atoms with Crippen molar-refractivity contribution in [3.8, 4) is 0 Å². The van der Waals surface area contributed by atoms with Gasteiger partial charge in [-0.2, -0.15) is 0 Å². The SMILES string of the molecule is CC(=O)Nc1ccc(C(=O)COC(=O)C[C@@H]2C[C@@H]3CC[C@@H]2C3)c(F)c1. The van der Waals surface area contributed by atoms with E-state index in [1.807, 2.05) is 0 Å². The summed E-state index contributed by atoms with van der Waals surface area (Å²) in [5, 5.41) is 2.44. The highest BCUT2D eigenvalue weighted by Gasteiger charge is 2.40. The lowest BCUT2D eigenvalue weighted by atomic mass is 9.86. The number of nitrogens with one attached hydrogen (secondary N) is 1. The zero-order chi connectivity index (χ0) is 18.0. The minimum absolute atomic E-state index is 0.151. The van der Waals surface area contributed by atoms with Crippen LogP contribution in [-0.2, 0) is 14.3 Å². The Morgan fingerprint density at radius 1 is 1.24 bits per heavy atom. The fourth-order valence-electron chi connectivity index (χ4n) is 4.15. The van der Waals surface area contributed by atoms with Crippen LogP contribution in [0.3, 0.4) is 0 Å². The predicted molar refractivity (Wildman–Crippen MR) is 89.5 cm³/mol. The Bertz CT molecular complexity index is 703. The molecule has 1 amide bonds. The van der Waals surface area contributed by atoms with Crippen LogP contribution in [0, 0.1) is 23.6 Å². The van der Waals surface area contributed by atoms with Crippen LogP contribution in [-0.4, -0.2) is 24.3 Å². The van der Waals surface area contributed by atoms with Gasteiger partial charge in [-0.1, -0.05) is 6.42 Å². The maximum atomic E-state index is 14.0. The summed E-state index contributed by atoms with van der Waals surface area (Å²) in [5.41, 5.74) is 0.122. The number of esters is 1. The van der Waals surface area contributed by atoms with Gasteiger partial charge in [-0.25, -0.2) is 4.39 Å². The van der Waals surface area contributed by atoms with E-state index in [9.17, 15) is 18.8 Å². The number of benzene rings is 1. The second-order valence-electron chi connectivity index (χ2n) is 7.10. The number of halogens is 1. The Morgan fingerprint density at radius 3 is 2.64 bits per heavy atom. The third kappa shape index (κ3) is 4.24. The lowest BCUT2D eigenvalue weighted by Gasteiger charge is -2.20. The molecule has 0 spiro atoms. The Balaban J connectivity index is 1.50. The van der Waals surface area contributed by atoms with Crippen molar-refractivity contribution in [2.75, 3.05) is 11.9 Å². The molecule has 0 radical (unpaired) electrons. The van der Waals surface area contributed by atoms with E-state index in [2.05, 4.69) is 5.32 Å². The number of carbonyl (C=O) groups is 3. The molecule has 0 heterocycles. The summed E-state index contributed by atoms with van der Waals surface area (Å²) in [6.07, 6.45) is 5.09. The van der Waals surface area contributed by atoms with E-state index in [0.717, 1.165) is 18.4 Å². The van der Waals surface area contributed by atoms with E-state index in [1.165, 1.54) is 38.3 Å². The molecule has 2 aliphatic rings. The fraction of sp³-hybridized carbons (Fsp3) is 0.526. The smallest absolute Gasteiger partial charge is 0.306 e. The summed E-state index contributed by atoms with van der Waals surface area (Å²) < 4.78 is 19.0. The number of carbonyl (C=O) groups excluding carboxylic acids is 3. The van der Waals surface area contributed by atoms with Gasteiger partial charge in [-0.3, -0.25) is 14.4 Å². The van der Waals surface area contributed by atoms with Gasteiger partial charge < -0.3 is 10.1 Å². The van der Waals surface area contributed by atoms with Crippen LogP contribution in [0.1, 0.15) is 49.4 Å². The van der Waals surface area contributed by atoms with Crippen molar-refractivity contribution >= 4 is 23.3 Å². The lowest BCUT2D eigenvalue weighted by molar-refractivity contribution is -0.144. The average molecular weight is 347 g/mol. The lowest BCUT2D eigenvalue weighted by Crippen LogP contribution is -2.20. The predicted octanol–water partition coefficient (Wildman–Crippen LogP) is 3.34. The molecule has 0 unspecified atom stereocenters. The third-order valence-electron chi connectivity index (χ3n) is 5.27. The molecule has 25 heavy (non-hydrogen) atoms. The number of hydrogen-bond donors (Lipinski definition) is 1. The minimum Gasteiger partial charge on any atom is -0.457 e. The average Bonchev–Trinajstić information content (AvgIpc) is 3.15. The van der Waals surface area contributed by atoms with Gasteiger partial charge in [-0.05, 0) is 55.2 Å². The summed E-state index contributed by atoms with van der Waals surface area (Å²) in [6, 6.07) is 3.80. The monoisotopic (exact) mass is 347 g/mol. The second-order valence-corrected chi connectivity index (χ2v) is 7.10. The van der Waals surface area contributed by atoms with Crippen LogP contribution < -0.4 is 5.32 Å². The van der Waals surface area contributed by atoms with Gasteiger partial charge in [0.05, 0.1) is 5.56 Å². The molecule has 3 rings (SSSR count). The van der Waals surface area contributed by atoms with E-state index in [4.69, 9.17) is 4.74 Å². The molecule has 3 atom stereocenters. The Morgan fingerprint density at radius 2 is 2.04 bits per heavy atom. The first-order chi connectivity index (χ1) is 11.9. The Kier molecular flexibility index (Phi) is 5.16. The highest BCUT2D eigenvalue weighted by Crippen LogP contribution is 2.49. The molecular formula is C19H22FNO4. The largest absolute Gasteiger partial charge is 0.457 e. The Hall–Kier alpha value is -2.24. The number of rotatable bonds is 6. The maximum Gasteiger partial charge on any atom is 0.306 e. The molecule has 2 bridgehead atoms. The van der Waals surface area contributed by atoms with Crippen LogP contribution in [0.15, 0.2) is 18.2 Å². The minimum atomic E-state index is -0.750. The first kappa shape index (κ1) is 17.6. The Labute approximate surface area is 145 Å². The van der Waals surface area contributed by atoms with Crippen LogP contribution in [0.25, 0.3) is 0 Å². The molecule has 0 saturated heterocycles. The number of Topliss-reactive ketones (excluding diaryl/α,β-unsaturated/α-hetero) is 1. The molecule has 1 N–H and O–H groups in total. The molecule has 2 aliphatic carbocycles. The van der Waals surface area contributed by atoms with Crippen molar-refractivity contribution in [1.29, 1.82) is 0 Å². The highest BCUT2D eigenvalue weighted by atomic mass is 19.1. The van der Waals surface area contributed by atoms with Crippen molar-refractivity contribution in [3.63, 3.8) is 0 Å². The highest BCUT2D eigenvalue weighted by molar-refractivity contribution is 5.99. The zero-order valence-electron chi connectivity index (χ0n) is 14.2. The van der Waals surface area contributed by atoms with Crippen molar-refractivity contribution in [3.05, 3.63) is 29.6 Å². The molecule has 0 aromatic heterocycles. The number of hydrogen-bond acceptors (Lipinski definition) is 4. The normalized spacial score (nSPS) is 24.2. The second kappa shape index (κ2) is 7.33. The van der Waals surface area contributed by atoms with E-state index in [1.54, 1.807) is 0 Å². The van der Waals surface area contributed by atoms with Crippen LogP contribution in [0.2, 0.25) is 0 Å². The van der Waals surface area contributed by atoms with Crippen molar-refractivity contribution in [2.45, 2.75) is 39.0 Å². The van der Waals surface area contributed by atoms with Gasteiger partial charge >= 0.3 is 5.97 Å². The summed E-state index contributed by atoms with van der Waals surface area (Å²) in [6.45, 7) is 0.850. The standard InChI is InChI=1S/C19H22FNO4/c1-11(22)21-15-4-5-16(17(20)9-15)18(23)10-25-19(24)8-14-7-12-2-3-13(14)6-12/h4-5,9,12-14H,2-3,6-8,10H2,1H3,(H,21,22)/t12-,13-,14+/m1/s1. The molecule has 1 aromatic rings. The third-order valence-corrected chi connectivity index (χ3v) is 5.27. The van der Waals surface area contributed by atoms with Crippen LogP contribution >= 0.6 is 0 Å². The molecule has 1 aromatic carbocycles. The van der Waals surface area contributed by atoms with E-state index >= 15 is 0 Å². The molecule has 134 valence electrons. The summed E-state index contributed by atoms with van der Waals surface area (Å²) in [7, 11) is 0. The molecule has 0 aliphatic heterocycles. The van der Waals surface area contributed by atoms with Gasteiger partial charge in [0, 0.05) is 19.0 Å². The molecular weight excluding hydrogens is 325 g/mol. The molecule has 6 heteroatoms. The summed E-state index contributed by atoms with van der Waals surface area (Å²) in [5.74, 6) is -0.314. The number of ketones is 1. The quantitative estimate of drug-likeness (QED) is 0.633. The maximum absolute atomic E-state index is 14.0. The number of amides is 1. The number of anilines is 1. The summed E-state index contributed by atoms with van der Waals surface area (Å²) in [4.78, 5) is 35.0. The molecule has 2 saturated carbocycles. The van der Waals surface area contributed by atoms with Crippen LogP contribution in [0.4, 0.5) is 10.1 Å².